The molecule has 1 atom stereocenters. The van der Waals surface area contributed by atoms with E-state index in [0.29, 0.717) is 11.4 Å². The van der Waals surface area contributed by atoms with Crippen LogP contribution in [0.25, 0.3) is 0 Å². The molecule has 3 rings (SSSR count). The zero-order valence-electron chi connectivity index (χ0n) is 13.0. The molecule has 8 heteroatoms. The molecule has 1 aromatic heterocycles. The fourth-order valence-electron chi connectivity index (χ4n) is 2.92. The molecule has 1 aliphatic rings. The first-order valence-corrected chi connectivity index (χ1v) is 7.88. The molecule has 0 spiro atoms. The van der Waals surface area contributed by atoms with Gasteiger partial charge in [0.25, 0.3) is 5.56 Å². The monoisotopic (exact) mass is 387 g/mol. The van der Waals surface area contributed by atoms with E-state index in [-0.39, 0.29) is 11.4 Å². The van der Waals surface area contributed by atoms with Crippen molar-refractivity contribution >= 4 is 21.7 Å². The summed E-state index contributed by atoms with van der Waals surface area (Å²) >= 11 is 3.47. The molecule has 1 aliphatic heterocycles. The van der Waals surface area contributed by atoms with Gasteiger partial charge in [0.15, 0.2) is 0 Å². The van der Waals surface area contributed by atoms with Crippen LogP contribution in [-0.4, -0.2) is 9.13 Å². The third kappa shape index (κ3) is 2.17. The molecule has 0 amide bonds. The van der Waals surface area contributed by atoms with Crippen molar-refractivity contribution in [1.82, 2.24) is 9.13 Å². The molecular formula is C16H14BrN5O2. The van der Waals surface area contributed by atoms with Crippen LogP contribution in [0.3, 0.4) is 0 Å². The number of nitrogens with zero attached hydrogens (tertiary/aromatic N) is 3. The summed E-state index contributed by atoms with van der Waals surface area (Å²) in [5.41, 5.74) is 6.36. The van der Waals surface area contributed by atoms with Gasteiger partial charge in [0, 0.05) is 18.6 Å². The van der Waals surface area contributed by atoms with Crippen LogP contribution in [0.15, 0.2) is 49.7 Å². The minimum absolute atomic E-state index is 0.133. The van der Waals surface area contributed by atoms with E-state index in [1.165, 1.54) is 11.6 Å². The molecule has 1 unspecified atom stereocenters. The standard InChI is InChI=1S/C16H14BrN5O2/c1-21-14-12(15(23)22(2)16(21)24)11(9(7-18)13(19)20-14)8-5-3-4-6-10(8)17/h3-6,11,20H,19H2,1-2H3. The number of halogens is 1. The Balaban J connectivity index is 2.47. The van der Waals surface area contributed by atoms with Gasteiger partial charge in [0.2, 0.25) is 0 Å². The Morgan fingerprint density at radius 2 is 1.92 bits per heavy atom. The number of nitrogens with two attached hydrogens (primary N) is 1. The van der Waals surface area contributed by atoms with Crippen molar-refractivity contribution in [1.29, 1.82) is 5.26 Å². The van der Waals surface area contributed by atoms with Crippen LogP contribution < -0.4 is 22.3 Å². The number of fused-ring (bicyclic) bond motifs is 1. The van der Waals surface area contributed by atoms with Crippen molar-refractivity contribution < 1.29 is 0 Å². The highest BCUT2D eigenvalue weighted by atomic mass is 79.9. The summed E-state index contributed by atoms with van der Waals surface area (Å²) in [7, 11) is 2.96. The molecule has 0 bridgehead atoms. The van der Waals surface area contributed by atoms with Crippen LogP contribution in [0.5, 0.6) is 0 Å². The maximum Gasteiger partial charge on any atom is 0.332 e. The quantitative estimate of drug-likeness (QED) is 0.761. The summed E-state index contributed by atoms with van der Waals surface area (Å²) in [5.74, 6) is -0.221. The zero-order valence-corrected chi connectivity index (χ0v) is 14.6. The minimum Gasteiger partial charge on any atom is -0.384 e. The van der Waals surface area contributed by atoms with Gasteiger partial charge in [-0.05, 0) is 11.6 Å². The van der Waals surface area contributed by atoms with Gasteiger partial charge >= 0.3 is 5.69 Å². The first-order valence-electron chi connectivity index (χ1n) is 7.09. The lowest BCUT2D eigenvalue weighted by Crippen LogP contribution is -2.43. The van der Waals surface area contributed by atoms with Crippen LogP contribution >= 0.6 is 15.9 Å². The van der Waals surface area contributed by atoms with Gasteiger partial charge in [0.05, 0.1) is 23.1 Å². The highest BCUT2D eigenvalue weighted by Crippen LogP contribution is 2.40. The lowest BCUT2D eigenvalue weighted by molar-refractivity contribution is 0.664. The van der Waals surface area contributed by atoms with Crippen molar-refractivity contribution in [3.8, 4) is 6.07 Å². The highest BCUT2D eigenvalue weighted by molar-refractivity contribution is 9.10. The van der Waals surface area contributed by atoms with E-state index in [0.717, 1.165) is 14.6 Å². The Bertz CT molecular complexity index is 1040. The molecule has 2 heterocycles. The molecule has 122 valence electrons. The fraction of sp³-hybridized carbons (Fsp3) is 0.188. The molecule has 0 saturated heterocycles. The first-order chi connectivity index (χ1) is 11.4. The smallest absolute Gasteiger partial charge is 0.332 e. The van der Waals surface area contributed by atoms with Crippen LogP contribution in [0.1, 0.15) is 17.0 Å². The Morgan fingerprint density at radius 3 is 2.54 bits per heavy atom. The van der Waals surface area contributed by atoms with E-state index in [2.05, 4.69) is 27.3 Å². The predicted octanol–water partition coefficient (Wildman–Crippen LogP) is 1.10. The molecule has 7 nitrogen and oxygen atoms in total. The van der Waals surface area contributed by atoms with E-state index < -0.39 is 17.2 Å². The van der Waals surface area contributed by atoms with Gasteiger partial charge in [-0.1, -0.05) is 34.1 Å². The summed E-state index contributed by atoms with van der Waals surface area (Å²) in [6, 6.07) is 9.39. The van der Waals surface area contributed by atoms with Crippen molar-refractivity contribution in [3.63, 3.8) is 0 Å². The molecular weight excluding hydrogens is 374 g/mol. The predicted molar refractivity (Wildman–Crippen MR) is 93.4 cm³/mol. The van der Waals surface area contributed by atoms with E-state index in [1.54, 1.807) is 7.05 Å². The number of aromatic nitrogens is 2. The Labute approximate surface area is 145 Å². The summed E-state index contributed by atoms with van der Waals surface area (Å²) in [5, 5.41) is 12.4. The Kier molecular flexibility index (Phi) is 3.81. The maximum absolute atomic E-state index is 12.8. The molecule has 2 aromatic rings. The highest BCUT2D eigenvalue weighted by Gasteiger charge is 2.34. The second-order valence-corrected chi connectivity index (χ2v) is 6.34. The summed E-state index contributed by atoms with van der Waals surface area (Å²) in [6.45, 7) is 0. The van der Waals surface area contributed by atoms with Crippen molar-refractivity contribution in [2.24, 2.45) is 19.8 Å². The molecule has 3 N–H and O–H groups in total. The van der Waals surface area contributed by atoms with E-state index >= 15 is 0 Å². The van der Waals surface area contributed by atoms with Gasteiger partial charge in [-0.3, -0.25) is 13.9 Å². The molecule has 0 saturated carbocycles. The second-order valence-electron chi connectivity index (χ2n) is 5.49. The normalized spacial score (nSPS) is 16.3. The third-order valence-electron chi connectivity index (χ3n) is 4.16. The molecule has 24 heavy (non-hydrogen) atoms. The molecule has 1 aromatic carbocycles. The number of anilines is 1. The van der Waals surface area contributed by atoms with Gasteiger partial charge in [-0.15, -0.1) is 0 Å². The summed E-state index contributed by atoms with van der Waals surface area (Å²) in [4.78, 5) is 25.0. The Morgan fingerprint density at radius 1 is 1.25 bits per heavy atom. The lowest BCUT2D eigenvalue weighted by atomic mass is 9.84. The number of nitrogens with one attached hydrogen (secondary N) is 1. The second kappa shape index (κ2) is 5.69. The minimum atomic E-state index is -0.660. The third-order valence-corrected chi connectivity index (χ3v) is 4.88. The number of hydrogen-bond acceptors (Lipinski definition) is 5. The van der Waals surface area contributed by atoms with E-state index in [9.17, 15) is 14.9 Å². The molecule has 0 radical (unpaired) electrons. The summed E-state index contributed by atoms with van der Waals surface area (Å²) < 4.78 is 3.10. The van der Waals surface area contributed by atoms with Crippen LogP contribution in [0.2, 0.25) is 0 Å². The SMILES string of the molecule is Cn1c2c(c(=O)n(C)c1=O)C(c1ccccc1Br)C(C#N)=C(N)N2. The number of benzene rings is 1. The van der Waals surface area contributed by atoms with Crippen LogP contribution in [-0.2, 0) is 14.1 Å². The zero-order chi connectivity index (χ0) is 17.6. The van der Waals surface area contributed by atoms with Crippen LogP contribution in [0, 0.1) is 11.3 Å². The van der Waals surface area contributed by atoms with Crippen molar-refractivity contribution in [2.45, 2.75) is 5.92 Å². The van der Waals surface area contributed by atoms with Gasteiger partial charge in [-0.25, -0.2) is 4.79 Å². The van der Waals surface area contributed by atoms with Crippen molar-refractivity contribution in [2.75, 3.05) is 5.32 Å². The average Bonchev–Trinajstić information content (AvgIpc) is 2.57. The molecule has 0 aliphatic carbocycles. The summed E-state index contributed by atoms with van der Waals surface area (Å²) in [6.07, 6.45) is 0. The van der Waals surface area contributed by atoms with Crippen LogP contribution in [0.4, 0.5) is 5.82 Å². The Hall–Kier alpha value is -2.79. The van der Waals surface area contributed by atoms with E-state index in [4.69, 9.17) is 5.73 Å². The topological polar surface area (TPSA) is 106 Å². The maximum atomic E-state index is 12.8. The fourth-order valence-corrected chi connectivity index (χ4v) is 3.43. The van der Waals surface area contributed by atoms with Gasteiger partial charge in [0.1, 0.15) is 11.6 Å². The molecule has 0 fully saturated rings. The number of rotatable bonds is 1. The first kappa shape index (κ1) is 16.1. The average molecular weight is 388 g/mol. The largest absolute Gasteiger partial charge is 0.384 e. The van der Waals surface area contributed by atoms with Gasteiger partial charge in [-0.2, -0.15) is 5.26 Å². The van der Waals surface area contributed by atoms with Crippen molar-refractivity contribution in [3.05, 3.63) is 72.1 Å². The van der Waals surface area contributed by atoms with Gasteiger partial charge < -0.3 is 11.1 Å². The lowest BCUT2D eigenvalue weighted by Gasteiger charge is -2.29. The number of hydrogen-bond donors (Lipinski definition) is 2. The number of nitriles is 1. The number of allylic oxidation sites excluding steroid dienone is 1. The van der Waals surface area contributed by atoms with E-state index in [1.807, 2.05) is 24.3 Å².